The van der Waals surface area contributed by atoms with Crippen molar-refractivity contribution in [3.8, 4) is 0 Å². The summed E-state index contributed by atoms with van der Waals surface area (Å²) in [6.07, 6.45) is -0.446. The van der Waals surface area contributed by atoms with Crippen LogP contribution in [-0.4, -0.2) is 35.2 Å². The van der Waals surface area contributed by atoms with Crippen LogP contribution in [0.3, 0.4) is 0 Å². The van der Waals surface area contributed by atoms with Crippen molar-refractivity contribution in [1.29, 1.82) is 0 Å². The van der Waals surface area contributed by atoms with E-state index in [4.69, 9.17) is 9.84 Å². The maximum absolute atomic E-state index is 11.9. The number of hydrogen-bond donors (Lipinski definition) is 1. The summed E-state index contributed by atoms with van der Waals surface area (Å²) < 4.78 is 4.87. The fourth-order valence-electron chi connectivity index (χ4n) is 2.36. The number of aliphatic carboxylic acids is 1. The second kappa shape index (κ2) is 8.22. The third-order valence-corrected chi connectivity index (χ3v) is 3.42. The first-order valence-corrected chi connectivity index (χ1v) is 7.29. The van der Waals surface area contributed by atoms with E-state index in [0.29, 0.717) is 11.1 Å². The Morgan fingerprint density at radius 1 is 1.09 bits per heavy atom. The van der Waals surface area contributed by atoms with Gasteiger partial charge in [0.1, 0.15) is 0 Å². The number of esters is 1. The summed E-state index contributed by atoms with van der Waals surface area (Å²) in [7, 11) is 0. The summed E-state index contributed by atoms with van der Waals surface area (Å²) in [5, 5.41) is 9.07. The van der Waals surface area contributed by atoms with Crippen LogP contribution in [0.25, 0.3) is 0 Å². The lowest BCUT2D eigenvalue weighted by Crippen LogP contribution is -2.16. The van der Waals surface area contributed by atoms with Gasteiger partial charge in [0, 0.05) is 17.0 Å². The second-order valence-corrected chi connectivity index (χ2v) is 5.22. The van der Waals surface area contributed by atoms with Gasteiger partial charge in [0.15, 0.2) is 11.6 Å². The molecule has 0 amide bonds. The number of ether oxygens (including phenoxy) is 1. The minimum Gasteiger partial charge on any atom is -0.481 e. The Morgan fingerprint density at radius 2 is 1.74 bits per heavy atom. The molecule has 0 heterocycles. The first-order chi connectivity index (χ1) is 10.8. The molecule has 1 rings (SSSR count). The van der Waals surface area contributed by atoms with Crippen molar-refractivity contribution in [2.75, 3.05) is 6.61 Å². The molecule has 0 aliphatic rings. The molecule has 23 heavy (non-hydrogen) atoms. The maximum atomic E-state index is 11.9. The zero-order chi connectivity index (χ0) is 17.6. The first-order valence-electron chi connectivity index (χ1n) is 7.29. The molecule has 0 fully saturated rings. The molecule has 0 radical (unpaired) electrons. The molecule has 0 aromatic heterocycles. The molecular formula is C17H20O6. The summed E-state index contributed by atoms with van der Waals surface area (Å²) >= 11 is 0. The number of carboxylic acid groups (broad SMARTS) is 1. The van der Waals surface area contributed by atoms with Crippen LogP contribution in [0.15, 0.2) is 18.2 Å². The third kappa shape index (κ3) is 5.32. The van der Waals surface area contributed by atoms with Gasteiger partial charge in [0.25, 0.3) is 0 Å². The summed E-state index contributed by atoms with van der Waals surface area (Å²) in [6, 6.07) is 4.52. The number of carbonyl (C=O) groups excluding carboxylic acids is 3. The van der Waals surface area contributed by atoms with Crippen molar-refractivity contribution in [2.24, 2.45) is 0 Å². The lowest BCUT2D eigenvalue weighted by molar-refractivity contribution is -0.144. The highest BCUT2D eigenvalue weighted by Crippen LogP contribution is 2.29. The van der Waals surface area contributed by atoms with E-state index in [0.717, 1.165) is 0 Å². The van der Waals surface area contributed by atoms with Crippen molar-refractivity contribution >= 4 is 23.5 Å². The number of benzene rings is 1. The Kier molecular flexibility index (Phi) is 6.63. The van der Waals surface area contributed by atoms with E-state index in [2.05, 4.69) is 0 Å². The Bertz CT molecular complexity index is 632. The van der Waals surface area contributed by atoms with Crippen LogP contribution < -0.4 is 0 Å². The van der Waals surface area contributed by atoms with Gasteiger partial charge in [-0.2, -0.15) is 0 Å². The number of carboxylic acids is 1. The molecule has 1 atom stereocenters. The van der Waals surface area contributed by atoms with E-state index >= 15 is 0 Å². The zero-order valence-corrected chi connectivity index (χ0v) is 13.4. The van der Waals surface area contributed by atoms with Gasteiger partial charge in [-0.3, -0.25) is 19.2 Å². The standard InChI is InChI=1S/C17H20O6/c1-4-23-17(22)9-13(8-16(20)21)14-6-5-12(10(2)18)7-15(14)11(3)19/h5-7,13H,4,8-9H2,1-3H3,(H,20,21). The van der Waals surface area contributed by atoms with Gasteiger partial charge in [-0.15, -0.1) is 0 Å². The SMILES string of the molecule is CCOC(=O)CC(CC(=O)O)c1ccc(C(C)=O)cc1C(C)=O. The van der Waals surface area contributed by atoms with Gasteiger partial charge in [-0.1, -0.05) is 12.1 Å². The fraction of sp³-hybridized carbons (Fsp3) is 0.412. The number of hydrogen-bond acceptors (Lipinski definition) is 5. The van der Waals surface area contributed by atoms with Crippen LogP contribution >= 0.6 is 0 Å². The van der Waals surface area contributed by atoms with Gasteiger partial charge in [0.05, 0.1) is 19.4 Å². The van der Waals surface area contributed by atoms with E-state index in [1.54, 1.807) is 13.0 Å². The molecular weight excluding hydrogens is 300 g/mol. The van der Waals surface area contributed by atoms with Crippen molar-refractivity contribution in [3.05, 3.63) is 34.9 Å². The molecule has 1 unspecified atom stereocenters. The zero-order valence-electron chi connectivity index (χ0n) is 13.4. The molecule has 1 aromatic rings. The van der Waals surface area contributed by atoms with Crippen LogP contribution in [0.1, 0.15) is 65.8 Å². The molecule has 0 bridgehead atoms. The van der Waals surface area contributed by atoms with E-state index in [-0.39, 0.29) is 36.6 Å². The molecule has 1 aromatic carbocycles. The van der Waals surface area contributed by atoms with Crippen molar-refractivity contribution < 1.29 is 29.0 Å². The predicted octanol–water partition coefficient (Wildman–Crippen LogP) is 2.60. The Morgan fingerprint density at radius 3 is 2.22 bits per heavy atom. The summed E-state index contributed by atoms with van der Waals surface area (Å²) in [4.78, 5) is 46.1. The minimum atomic E-state index is -1.08. The van der Waals surface area contributed by atoms with Crippen molar-refractivity contribution in [3.63, 3.8) is 0 Å². The Labute approximate surface area is 134 Å². The average molecular weight is 320 g/mol. The predicted molar refractivity (Wildman–Crippen MR) is 82.7 cm³/mol. The van der Waals surface area contributed by atoms with E-state index in [1.165, 1.54) is 26.0 Å². The molecule has 124 valence electrons. The number of ketones is 2. The highest BCUT2D eigenvalue weighted by molar-refractivity contribution is 6.00. The lowest BCUT2D eigenvalue weighted by Gasteiger charge is -2.18. The molecule has 0 aliphatic heterocycles. The molecule has 0 spiro atoms. The monoisotopic (exact) mass is 320 g/mol. The van der Waals surface area contributed by atoms with Gasteiger partial charge >= 0.3 is 11.9 Å². The molecule has 1 N–H and O–H groups in total. The average Bonchev–Trinajstić information content (AvgIpc) is 2.45. The summed E-state index contributed by atoms with van der Waals surface area (Å²) in [5.74, 6) is -2.78. The van der Waals surface area contributed by atoms with Crippen LogP contribution in [0.4, 0.5) is 0 Å². The molecule has 0 saturated carbocycles. The van der Waals surface area contributed by atoms with E-state index in [1.807, 2.05) is 0 Å². The smallest absolute Gasteiger partial charge is 0.306 e. The number of rotatable bonds is 8. The molecule has 0 aliphatic carbocycles. The fourth-order valence-corrected chi connectivity index (χ4v) is 2.36. The number of Topliss-reactive ketones (excluding diaryl/α,β-unsaturated/α-hetero) is 2. The Hall–Kier alpha value is -2.50. The minimum absolute atomic E-state index is 0.139. The van der Waals surface area contributed by atoms with Gasteiger partial charge in [-0.25, -0.2) is 0 Å². The van der Waals surface area contributed by atoms with Crippen LogP contribution in [0, 0.1) is 0 Å². The van der Waals surface area contributed by atoms with Gasteiger partial charge in [0.2, 0.25) is 0 Å². The van der Waals surface area contributed by atoms with E-state index in [9.17, 15) is 19.2 Å². The topological polar surface area (TPSA) is 97.7 Å². The first kappa shape index (κ1) is 18.5. The number of carbonyl (C=O) groups is 4. The highest BCUT2D eigenvalue weighted by atomic mass is 16.5. The largest absolute Gasteiger partial charge is 0.481 e. The van der Waals surface area contributed by atoms with Crippen molar-refractivity contribution in [2.45, 2.75) is 39.5 Å². The van der Waals surface area contributed by atoms with Crippen LogP contribution in [0.2, 0.25) is 0 Å². The van der Waals surface area contributed by atoms with Crippen molar-refractivity contribution in [1.82, 2.24) is 0 Å². The lowest BCUT2D eigenvalue weighted by atomic mass is 9.86. The van der Waals surface area contributed by atoms with Crippen LogP contribution in [-0.2, 0) is 14.3 Å². The highest BCUT2D eigenvalue weighted by Gasteiger charge is 2.24. The molecule has 6 heteroatoms. The summed E-state index contributed by atoms with van der Waals surface area (Å²) in [6.45, 7) is 4.57. The summed E-state index contributed by atoms with van der Waals surface area (Å²) in [5.41, 5.74) is 1.07. The van der Waals surface area contributed by atoms with Gasteiger partial charge < -0.3 is 9.84 Å². The Balaban J connectivity index is 3.28. The second-order valence-electron chi connectivity index (χ2n) is 5.22. The normalized spacial score (nSPS) is 11.6. The van der Waals surface area contributed by atoms with Crippen LogP contribution in [0.5, 0.6) is 0 Å². The maximum Gasteiger partial charge on any atom is 0.306 e. The molecule has 6 nitrogen and oxygen atoms in total. The van der Waals surface area contributed by atoms with Gasteiger partial charge in [-0.05, 0) is 32.4 Å². The van der Waals surface area contributed by atoms with E-state index < -0.39 is 17.9 Å². The molecule has 0 saturated heterocycles. The third-order valence-electron chi connectivity index (χ3n) is 3.42. The quantitative estimate of drug-likeness (QED) is 0.584.